The fourth-order valence-corrected chi connectivity index (χ4v) is 6.01. The molecule has 6 heteroatoms. The molecule has 5 nitrogen and oxygen atoms in total. The van der Waals surface area contributed by atoms with Crippen LogP contribution in [0, 0.1) is 0 Å². The Balaban J connectivity index is 1.67. The number of esters is 1. The van der Waals surface area contributed by atoms with Crippen LogP contribution in [0.15, 0.2) is 106 Å². The van der Waals surface area contributed by atoms with E-state index in [9.17, 15) is 9.59 Å². The second-order valence-corrected chi connectivity index (χ2v) is 9.73. The maximum atomic E-state index is 13.9. The quantitative estimate of drug-likeness (QED) is 0.272. The number of thiazole rings is 1. The summed E-state index contributed by atoms with van der Waals surface area (Å²) in [7, 11) is 1.35. The molecule has 5 aromatic rings. The number of fused-ring (bicyclic) bond motifs is 3. The fraction of sp³-hybridized carbons (Fsp3) is 0.100. The van der Waals surface area contributed by atoms with Crippen LogP contribution in [0.5, 0.6) is 0 Å². The van der Waals surface area contributed by atoms with E-state index in [1.54, 1.807) is 11.5 Å². The predicted molar refractivity (Wildman–Crippen MR) is 144 cm³/mol. The fourth-order valence-electron chi connectivity index (χ4n) is 4.98. The molecule has 1 aromatic heterocycles. The van der Waals surface area contributed by atoms with Gasteiger partial charge in [-0.05, 0) is 51.7 Å². The van der Waals surface area contributed by atoms with Crippen molar-refractivity contribution in [2.75, 3.05) is 7.11 Å². The Morgan fingerprint density at radius 3 is 2.19 bits per heavy atom. The van der Waals surface area contributed by atoms with E-state index < -0.39 is 12.0 Å². The van der Waals surface area contributed by atoms with Crippen molar-refractivity contribution in [2.45, 2.75) is 13.0 Å². The van der Waals surface area contributed by atoms with Gasteiger partial charge in [-0.15, -0.1) is 0 Å². The van der Waals surface area contributed by atoms with E-state index in [4.69, 9.17) is 4.74 Å². The molecule has 0 aliphatic carbocycles. The lowest BCUT2D eigenvalue weighted by atomic mass is 9.96. The van der Waals surface area contributed by atoms with E-state index in [0.29, 0.717) is 20.6 Å². The van der Waals surface area contributed by atoms with Gasteiger partial charge in [0.2, 0.25) is 0 Å². The van der Waals surface area contributed by atoms with Crippen LogP contribution >= 0.6 is 11.3 Å². The average molecular weight is 491 g/mol. The molecule has 0 radical (unpaired) electrons. The van der Waals surface area contributed by atoms with E-state index >= 15 is 0 Å². The van der Waals surface area contributed by atoms with Gasteiger partial charge in [0.15, 0.2) is 4.80 Å². The van der Waals surface area contributed by atoms with Crippen LogP contribution in [0.1, 0.15) is 24.1 Å². The lowest BCUT2D eigenvalue weighted by Crippen LogP contribution is -2.39. The number of nitrogens with zero attached hydrogens (tertiary/aromatic N) is 2. The smallest absolute Gasteiger partial charge is 0.338 e. The van der Waals surface area contributed by atoms with Gasteiger partial charge in [0, 0.05) is 0 Å². The molecule has 2 heterocycles. The molecular weight excluding hydrogens is 468 g/mol. The highest BCUT2D eigenvalue weighted by molar-refractivity contribution is 7.07. The molecular formula is C30H22N2O3S. The number of ether oxygens (including phenoxy) is 1. The standard InChI is InChI=1S/C30H22N2O3S/c1-18-26(29(34)35-2)27(19-10-4-3-5-11-19)32-28(33)25(36-30(32)31-18)17-24-22-14-8-6-12-20(22)16-21-13-7-9-15-23(21)24/h3-17,27H,1-2H3/b25-17-/t27-/m0/s1. The lowest BCUT2D eigenvalue weighted by molar-refractivity contribution is -0.136. The monoisotopic (exact) mass is 490 g/mol. The third kappa shape index (κ3) is 3.49. The second-order valence-electron chi connectivity index (χ2n) is 8.72. The van der Waals surface area contributed by atoms with Crippen LogP contribution in [-0.2, 0) is 9.53 Å². The van der Waals surface area contributed by atoms with E-state index in [-0.39, 0.29) is 5.56 Å². The third-order valence-corrected chi connectivity index (χ3v) is 7.61. The first-order valence-corrected chi connectivity index (χ1v) is 12.4. The molecule has 0 fully saturated rings. The van der Waals surface area contributed by atoms with Gasteiger partial charge in [0.05, 0.1) is 29.0 Å². The lowest BCUT2D eigenvalue weighted by Gasteiger charge is -2.24. The molecule has 1 aliphatic rings. The van der Waals surface area contributed by atoms with Gasteiger partial charge >= 0.3 is 5.97 Å². The summed E-state index contributed by atoms with van der Waals surface area (Å²) in [6, 6.07) is 27.5. The third-order valence-electron chi connectivity index (χ3n) is 6.63. The number of methoxy groups -OCH3 is 1. The van der Waals surface area contributed by atoms with Gasteiger partial charge in [0.25, 0.3) is 5.56 Å². The van der Waals surface area contributed by atoms with Gasteiger partial charge in [0.1, 0.15) is 0 Å². The Labute approximate surface area is 210 Å². The van der Waals surface area contributed by atoms with Crippen LogP contribution in [-0.4, -0.2) is 17.6 Å². The first-order chi connectivity index (χ1) is 17.6. The summed E-state index contributed by atoms with van der Waals surface area (Å²) in [6.45, 7) is 1.79. The Morgan fingerprint density at radius 1 is 0.944 bits per heavy atom. The number of hydrogen-bond donors (Lipinski definition) is 0. The summed E-state index contributed by atoms with van der Waals surface area (Å²) in [5.74, 6) is -0.487. The molecule has 1 aliphatic heterocycles. The van der Waals surface area contributed by atoms with E-state index in [2.05, 4.69) is 35.3 Å². The Kier molecular flexibility index (Phi) is 5.38. The summed E-state index contributed by atoms with van der Waals surface area (Å²) < 4.78 is 7.28. The van der Waals surface area contributed by atoms with Crippen LogP contribution in [0.25, 0.3) is 27.6 Å². The van der Waals surface area contributed by atoms with E-state index in [1.807, 2.05) is 60.7 Å². The minimum atomic E-state index is -0.610. The molecule has 0 saturated heterocycles. The van der Waals surface area contributed by atoms with Gasteiger partial charge in [-0.25, -0.2) is 9.79 Å². The largest absolute Gasteiger partial charge is 0.466 e. The number of carbonyl (C=O) groups excluding carboxylic acids is 1. The number of hydrogen-bond acceptors (Lipinski definition) is 5. The van der Waals surface area contributed by atoms with E-state index in [0.717, 1.165) is 32.7 Å². The highest BCUT2D eigenvalue weighted by Gasteiger charge is 2.32. The molecule has 0 bridgehead atoms. The highest BCUT2D eigenvalue weighted by atomic mass is 32.1. The molecule has 36 heavy (non-hydrogen) atoms. The molecule has 176 valence electrons. The first kappa shape index (κ1) is 22.2. The van der Waals surface area contributed by atoms with Crippen molar-refractivity contribution in [1.29, 1.82) is 0 Å². The maximum Gasteiger partial charge on any atom is 0.338 e. The predicted octanol–water partition coefficient (Wildman–Crippen LogP) is 4.71. The SMILES string of the molecule is COC(=O)C1=C(C)N=c2s/c(=C\c3c4ccccc4cc4ccccc34)c(=O)n2[C@H]1c1ccccc1. The number of allylic oxidation sites excluding steroid dienone is 1. The zero-order valence-electron chi connectivity index (χ0n) is 19.8. The first-order valence-electron chi connectivity index (χ1n) is 11.6. The van der Waals surface area contributed by atoms with E-state index in [1.165, 1.54) is 18.4 Å². The number of rotatable bonds is 3. The zero-order chi connectivity index (χ0) is 24.8. The number of benzene rings is 4. The number of carbonyl (C=O) groups is 1. The average Bonchev–Trinajstić information content (AvgIpc) is 3.22. The van der Waals surface area contributed by atoms with Crippen molar-refractivity contribution in [2.24, 2.45) is 4.99 Å². The molecule has 0 saturated carbocycles. The molecule has 0 amide bonds. The molecule has 6 rings (SSSR count). The highest BCUT2D eigenvalue weighted by Crippen LogP contribution is 2.31. The van der Waals surface area contributed by atoms with Gasteiger partial charge in [-0.1, -0.05) is 90.2 Å². The topological polar surface area (TPSA) is 60.7 Å². The summed E-state index contributed by atoms with van der Waals surface area (Å²) in [5.41, 5.74) is 2.57. The zero-order valence-corrected chi connectivity index (χ0v) is 20.6. The molecule has 0 unspecified atom stereocenters. The van der Waals surface area contributed by atoms with Crippen molar-refractivity contribution < 1.29 is 9.53 Å². The maximum absolute atomic E-state index is 13.9. The molecule has 4 aromatic carbocycles. The van der Waals surface area contributed by atoms with Gasteiger partial charge in [-0.3, -0.25) is 9.36 Å². The Bertz CT molecular complexity index is 1830. The Morgan fingerprint density at radius 2 is 1.56 bits per heavy atom. The minimum absolute atomic E-state index is 0.182. The summed E-state index contributed by atoms with van der Waals surface area (Å²) in [5, 5.41) is 4.38. The second kappa shape index (κ2) is 8.73. The van der Waals surface area contributed by atoms with Crippen molar-refractivity contribution >= 4 is 44.9 Å². The summed E-state index contributed by atoms with van der Waals surface area (Å²) >= 11 is 1.34. The Hall–Kier alpha value is -4.29. The van der Waals surface area contributed by atoms with Gasteiger partial charge in [-0.2, -0.15) is 0 Å². The van der Waals surface area contributed by atoms with Crippen molar-refractivity contribution in [3.63, 3.8) is 0 Å². The summed E-state index contributed by atoms with van der Waals surface area (Å²) in [4.78, 5) is 32.0. The van der Waals surface area contributed by atoms with Crippen LogP contribution in [0.4, 0.5) is 0 Å². The summed E-state index contributed by atoms with van der Waals surface area (Å²) in [6.07, 6.45) is 1.97. The molecule has 0 N–H and O–H groups in total. The van der Waals surface area contributed by atoms with Crippen LogP contribution in [0.3, 0.4) is 0 Å². The van der Waals surface area contributed by atoms with Gasteiger partial charge < -0.3 is 4.74 Å². The molecule has 1 atom stereocenters. The van der Waals surface area contributed by atoms with Crippen molar-refractivity contribution in [1.82, 2.24) is 4.57 Å². The number of aromatic nitrogens is 1. The van der Waals surface area contributed by atoms with Crippen molar-refractivity contribution in [3.05, 3.63) is 127 Å². The van der Waals surface area contributed by atoms with Crippen LogP contribution in [0.2, 0.25) is 0 Å². The van der Waals surface area contributed by atoms with Crippen molar-refractivity contribution in [3.8, 4) is 0 Å². The minimum Gasteiger partial charge on any atom is -0.466 e. The normalized spacial score (nSPS) is 15.7. The molecule has 0 spiro atoms. The van der Waals surface area contributed by atoms with Crippen LogP contribution < -0.4 is 14.9 Å².